The van der Waals surface area contributed by atoms with E-state index >= 15 is 0 Å². The molecule has 0 bridgehead atoms. The first-order valence-electron chi connectivity index (χ1n) is 14.2. The van der Waals surface area contributed by atoms with Crippen molar-refractivity contribution < 1.29 is 28.6 Å². The number of hydrogen-bond acceptors (Lipinski definition) is 7. The summed E-state index contributed by atoms with van der Waals surface area (Å²) in [6.45, 7) is 5.98. The molecule has 1 N–H and O–H groups in total. The van der Waals surface area contributed by atoms with Crippen molar-refractivity contribution in [3.05, 3.63) is 132 Å². The normalized spacial score (nSPS) is 11.2. The SMILES string of the molecule is C=C(C)C(=O)N(CCOc1ccc(CC(Nc2ccccc2C(=O)c2ccccc2)C(=O)OC)cc1)c1ccccc1OC. The van der Waals surface area contributed by atoms with Gasteiger partial charge in [-0.1, -0.05) is 73.3 Å². The van der Waals surface area contributed by atoms with Crippen LogP contribution in [0.5, 0.6) is 11.5 Å². The van der Waals surface area contributed by atoms with E-state index in [0.29, 0.717) is 46.0 Å². The molecule has 0 saturated heterocycles. The van der Waals surface area contributed by atoms with Crippen molar-refractivity contribution >= 4 is 29.0 Å². The molecule has 4 aromatic carbocycles. The molecule has 0 aliphatic rings. The quantitative estimate of drug-likeness (QED) is 0.107. The zero-order valence-electron chi connectivity index (χ0n) is 25.1. The number of ketones is 1. The Kier molecular flexibility index (Phi) is 10.9. The van der Waals surface area contributed by atoms with Gasteiger partial charge in [0.15, 0.2) is 5.78 Å². The fourth-order valence-electron chi connectivity index (χ4n) is 4.70. The molecule has 0 spiro atoms. The first-order chi connectivity index (χ1) is 21.3. The van der Waals surface area contributed by atoms with Crippen molar-refractivity contribution in [2.45, 2.75) is 19.4 Å². The van der Waals surface area contributed by atoms with Crippen molar-refractivity contribution in [3.8, 4) is 11.5 Å². The van der Waals surface area contributed by atoms with Crippen LogP contribution in [0.4, 0.5) is 11.4 Å². The van der Waals surface area contributed by atoms with Gasteiger partial charge in [0, 0.05) is 28.8 Å². The maximum absolute atomic E-state index is 13.2. The highest BCUT2D eigenvalue weighted by molar-refractivity contribution is 6.12. The van der Waals surface area contributed by atoms with E-state index < -0.39 is 12.0 Å². The first-order valence-corrected chi connectivity index (χ1v) is 14.2. The van der Waals surface area contributed by atoms with Crippen LogP contribution in [0.1, 0.15) is 28.4 Å². The maximum atomic E-state index is 13.2. The molecule has 0 heterocycles. The van der Waals surface area contributed by atoms with Crippen molar-refractivity contribution in [1.29, 1.82) is 0 Å². The fourth-order valence-corrected chi connectivity index (χ4v) is 4.70. The van der Waals surface area contributed by atoms with Crippen LogP contribution in [0.25, 0.3) is 0 Å². The Labute approximate surface area is 257 Å². The molecule has 1 atom stereocenters. The third kappa shape index (κ3) is 7.92. The molecule has 0 aliphatic heterocycles. The van der Waals surface area contributed by atoms with E-state index in [1.54, 1.807) is 55.3 Å². The number of carbonyl (C=O) groups is 3. The molecular weight excluding hydrogens is 556 g/mol. The zero-order chi connectivity index (χ0) is 31.5. The van der Waals surface area contributed by atoms with Crippen LogP contribution in [-0.2, 0) is 20.7 Å². The second kappa shape index (κ2) is 15.2. The molecular formula is C36H36N2O6. The molecule has 0 fully saturated rings. The van der Waals surface area contributed by atoms with Crippen LogP contribution in [0.3, 0.4) is 0 Å². The van der Waals surface area contributed by atoms with Crippen LogP contribution in [-0.4, -0.2) is 51.1 Å². The van der Waals surface area contributed by atoms with Gasteiger partial charge in [0.2, 0.25) is 0 Å². The lowest BCUT2D eigenvalue weighted by molar-refractivity contribution is -0.141. The van der Waals surface area contributed by atoms with Gasteiger partial charge in [-0.2, -0.15) is 0 Å². The van der Waals surface area contributed by atoms with E-state index in [0.717, 1.165) is 5.56 Å². The monoisotopic (exact) mass is 592 g/mol. The smallest absolute Gasteiger partial charge is 0.328 e. The van der Waals surface area contributed by atoms with Crippen molar-refractivity contribution in [1.82, 2.24) is 0 Å². The van der Waals surface area contributed by atoms with Crippen molar-refractivity contribution in [3.63, 3.8) is 0 Å². The van der Waals surface area contributed by atoms with E-state index in [-0.39, 0.29) is 24.8 Å². The Balaban J connectivity index is 1.43. The topological polar surface area (TPSA) is 94.2 Å². The molecule has 1 amide bonds. The van der Waals surface area contributed by atoms with Gasteiger partial charge >= 0.3 is 5.97 Å². The number of para-hydroxylation sites is 3. The summed E-state index contributed by atoms with van der Waals surface area (Å²) in [6.07, 6.45) is 0.315. The van der Waals surface area contributed by atoms with Gasteiger partial charge in [-0.05, 0) is 48.9 Å². The van der Waals surface area contributed by atoms with Gasteiger partial charge < -0.3 is 24.4 Å². The van der Waals surface area contributed by atoms with Crippen molar-refractivity contribution in [2.24, 2.45) is 0 Å². The lowest BCUT2D eigenvalue weighted by atomic mass is 10.00. The van der Waals surface area contributed by atoms with E-state index in [2.05, 4.69) is 11.9 Å². The number of anilines is 2. The van der Waals surface area contributed by atoms with Gasteiger partial charge in [0.1, 0.15) is 24.1 Å². The van der Waals surface area contributed by atoms with Gasteiger partial charge in [-0.15, -0.1) is 0 Å². The van der Waals surface area contributed by atoms with E-state index in [1.807, 2.05) is 66.7 Å². The summed E-state index contributed by atoms with van der Waals surface area (Å²) >= 11 is 0. The average Bonchev–Trinajstić information content (AvgIpc) is 3.06. The minimum absolute atomic E-state index is 0.145. The maximum Gasteiger partial charge on any atom is 0.328 e. The minimum Gasteiger partial charge on any atom is -0.495 e. The van der Waals surface area contributed by atoms with Crippen molar-refractivity contribution in [2.75, 3.05) is 37.6 Å². The summed E-state index contributed by atoms with van der Waals surface area (Å²) in [5.74, 6) is 0.367. The highest BCUT2D eigenvalue weighted by Crippen LogP contribution is 2.29. The number of nitrogens with one attached hydrogen (secondary N) is 1. The molecule has 44 heavy (non-hydrogen) atoms. The molecule has 8 heteroatoms. The number of carbonyl (C=O) groups excluding carboxylic acids is 3. The van der Waals surface area contributed by atoms with E-state index in [4.69, 9.17) is 14.2 Å². The largest absolute Gasteiger partial charge is 0.495 e. The second-order valence-electron chi connectivity index (χ2n) is 10.1. The third-order valence-corrected chi connectivity index (χ3v) is 6.96. The Morgan fingerprint density at radius 1 is 0.841 bits per heavy atom. The molecule has 8 nitrogen and oxygen atoms in total. The highest BCUT2D eigenvalue weighted by atomic mass is 16.5. The molecule has 0 saturated carbocycles. The number of esters is 1. The summed E-state index contributed by atoms with van der Waals surface area (Å²) < 4.78 is 16.5. The summed E-state index contributed by atoms with van der Waals surface area (Å²) in [4.78, 5) is 40.4. The summed E-state index contributed by atoms with van der Waals surface area (Å²) in [5, 5.41) is 3.22. The summed E-state index contributed by atoms with van der Waals surface area (Å²) in [7, 11) is 2.89. The van der Waals surface area contributed by atoms with Crippen LogP contribution in [0.15, 0.2) is 115 Å². The van der Waals surface area contributed by atoms with Crippen LogP contribution < -0.4 is 19.7 Å². The molecule has 0 radical (unpaired) electrons. The standard InChI is InChI=1S/C36H36N2O6/c1-25(2)35(40)38(32-16-10-11-17-33(32)42-3)22-23-44-28-20-18-26(19-21-28)24-31(36(41)43-4)37-30-15-9-8-14-29(30)34(39)27-12-6-5-7-13-27/h5-21,31,37H,1,22-24H2,2-4H3. The minimum atomic E-state index is -0.737. The van der Waals surface area contributed by atoms with Crippen LogP contribution in [0.2, 0.25) is 0 Å². The third-order valence-electron chi connectivity index (χ3n) is 6.96. The Morgan fingerprint density at radius 2 is 1.50 bits per heavy atom. The molecule has 0 aromatic heterocycles. The lowest BCUT2D eigenvalue weighted by Gasteiger charge is -2.25. The number of benzene rings is 4. The summed E-state index contributed by atoms with van der Waals surface area (Å²) in [5.41, 5.74) is 3.46. The van der Waals surface area contributed by atoms with Crippen LogP contribution in [0, 0.1) is 0 Å². The second-order valence-corrected chi connectivity index (χ2v) is 10.1. The van der Waals surface area contributed by atoms with Gasteiger partial charge in [0.05, 0.1) is 26.5 Å². The van der Waals surface area contributed by atoms with Crippen LogP contribution >= 0.6 is 0 Å². The molecule has 0 aliphatic carbocycles. The Hall–Kier alpha value is -5.37. The Morgan fingerprint density at radius 3 is 2.18 bits per heavy atom. The van der Waals surface area contributed by atoms with Gasteiger partial charge in [-0.25, -0.2) is 4.79 Å². The number of methoxy groups -OCH3 is 2. The number of rotatable bonds is 14. The Bertz CT molecular complexity index is 1600. The predicted molar refractivity (Wildman–Crippen MR) is 172 cm³/mol. The van der Waals surface area contributed by atoms with Gasteiger partial charge in [0.25, 0.3) is 5.91 Å². The number of amides is 1. The number of nitrogens with zero attached hydrogens (tertiary/aromatic N) is 1. The lowest BCUT2D eigenvalue weighted by Crippen LogP contribution is -2.35. The zero-order valence-corrected chi connectivity index (χ0v) is 25.1. The summed E-state index contributed by atoms with van der Waals surface area (Å²) in [6, 6.07) is 30.0. The molecule has 1 unspecified atom stereocenters. The number of hydrogen-bond donors (Lipinski definition) is 1. The van der Waals surface area contributed by atoms with E-state index in [9.17, 15) is 14.4 Å². The first kappa shape index (κ1) is 31.6. The molecule has 4 aromatic rings. The fraction of sp³-hybridized carbons (Fsp3) is 0.194. The molecule has 226 valence electrons. The predicted octanol–water partition coefficient (Wildman–Crippen LogP) is 6.11. The van der Waals surface area contributed by atoms with Gasteiger partial charge in [-0.3, -0.25) is 9.59 Å². The molecule has 4 rings (SSSR count). The number of ether oxygens (including phenoxy) is 3. The average molecular weight is 593 g/mol. The van der Waals surface area contributed by atoms with E-state index in [1.165, 1.54) is 7.11 Å². The highest BCUT2D eigenvalue weighted by Gasteiger charge is 2.23.